The molecule has 1 rings (SSSR count). The molecule has 0 spiro atoms. The van der Waals surface area contributed by atoms with E-state index >= 15 is 0 Å². The van der Waals surface area contributed by atoms with Crippen molar-refractivity contribution in [3.8, 4) is 0 Å². The van der Waals surface area contributed by atoms with Crippen molar-refractivity contribution in [2.75, 3.05) is 13.2 Å². The SMILES string of the molecule is CCOC(=O)C1[C@H](O)CCN1C(=O)OC(C)(C)C. The minimum Gasteiger partial charge on any atom is -0.464 e. The highest BCUT2D eigenvalue weighted by molar-refractivity contribution is 5.83. The fourth-order valence-electron chi connectivity index (χ4n) is 1.81. The first kappa shape index (κ1) is 14.8. The van der Waals surface area contributed by atoms with Crippen LogP contribution in [0.15, 0.2) is 0 Å². The third-order valence-electron chi connectivity index (χ3n) is 2.52. The second kappa shape index (κ2) is 5.56. The summed E-state index contributed by atoms with van der Waals surface area (Å²) < 4.78 is 10.1. The number of hydrogen-bond donors (Lipinski definition) is 1. The molecule has 0 aliphatic carbocycles. The van der Waals surface area contributed by atoms with Crippen LogP contribution in [-0.2, 0) is 14.3 Å². The number of ether oxygens (including phenoxy) is 2. The molecule has 1 aliphatic heterocycles. The molecule has 1 fully saturated rings. The zero-order chi connectivity index (χ0) is 13.9. The minimum atomic E-state index is -0.959. The van der Waals surface area contributed by atoms with Crippen molar-refractivity contribution in [2.24, 2.45) is 0 Å². The number of amides is 1. The van der Waals surface area contributed by atoms with Gasteiger partial charge in [-0.25, -0.2) is 9.59 Å². The highest BCUT2D eigenvalue weighted by Gasteiger charge is 2.43. The second-order valence-corrected chi connectivity index (χ2v) is 5.23. The molecule has 6 heteroatoms. The molecule has 18 heavy (non-hydrogen) atoms. The van der Waals surface area contributed by atoms with E-state index in [9.17, 15) is 14.7 Å². The summed E-state index contributed by atoms with van der Waals surface area (Å²) >= 11 is 0. The zero-order valence-electron chi connectivity index (χ0n) is 11.3. The van der Waals surface area contributed by atoms with Crippen molar-refractivity contribution in [3.05, 3.63) is 0 Å². The molecule has 0 saturated carbocycles. The van der Waals surface area contributed by atoms with E-state index in [1.807, 2.05) is 0 Å². The van der Waals surface area contributed by atoms with Gasteiger partial charge in [-0.3, -0.25) is 4.90 Å². The number of aliphatic hydroxyl groups is 1. The summed E-state index contributed by atoms with van der Waals surface area (Å²) in [7, 11) is 0. The molecule has 0 aromatic heterocycles. The number of aliphatic hydroxyl groups excluding tert-OH is 1. The van der Waals surface area contributed by atoms with Crippen LogP contribution in [0.4, 0.5) is 4.79 Å². The number of nitrogens with zero attached hydrogens (tertiary/aromatic N) is 1. The molecule has 0 radical (unpaired) electrons. The summed E-state index contributed by atoms with van der Waals surface area (Å²) in [5.74, 6) is -0.589. The van der Waals surface area contributed by atoms with Crippen molar-refractivity contribution in [3.63, 3.8) is 0 Å². The Morgan fingerprint density at radius 1 is 1.39 bits per heavy atom. The van der Waals surface area contributed by atoms with Crippen molar-refractivity contribution < 1.29 is 24.2 Å². The van der Waals surface area contributed by atoms with Crippen molar-refractivity contribution in [1.82, 2.24) is 4.90 Å². The van der Waals surface area contributed by atoms with Crippen LogP contribution in [0.1, 0.15) is 34.1 Å². The Kier molecular flexibility index (Phi) is 4.56. The summed E-state index contributed by atoms with van der Waals surface area (Å²) in [5.41, 5.74) is -0.635. The van der Waals surface area contributed by atoms with Gasteiger partial charge in [-0.15, -0.1) is 0 Å². The topological polar surface area (TPSA) is 76.1 Å². The molecule has 0 aromatic rings. The standard InChI is InChI=1S/C12H21NO5/c1-5-17-10(15)9-8(14)6-7-13(9)11(16)18-12(2,3)4/h8-9,14H,5-7H2,1-4H3/t8-,9?/m1/s1. The van der Waals surface area contributed by atoms with Crippen LogP contribution >= 0.6 is 0 Å². The molecule has 1 N–H and O–H groups in total. The molecule has 1 aliphatic rings. The quantitative estimate of drug-likeness (QED) is 0.746. The van der Waals surface area contributed by atoms with Gasteiger partial charge in [-0.2, -0.15) is 0 Å². The number of hydrogen-bond acceptors (Lipinski definition) is 5. The molecule has 0 bridgehead atoms. The Hall–Kier alpha value is -1.30. The third-order valence-corrected chi connectivity index (χ3v) is 2.52. The second-order valence-electron chi connectivity index (χ2n) is 5.23. The number of esters is 1. The largest absolute Gasteiger partial charge is 0.464 e. The Morgan fingerprint density at radius 2 is 2.00 bits per heavy atom. The van der Waals surface area contributed by atoms with Gasteiger partial charge in [0.15, 0.2) is 6.04 Å². The fourth-order valence-corrected chi connectivity index (χ4v) is 1.81. The van der Waals surface area contributed by atoms with Crippen LogP contribution in [0.5, 0.6) is 0 Å². The zero-order valence-corrected chi connectivity index (χ0v) is 11.3. The number of rotatable bonds is 2. The van der Waals surface area contributed by atoms with Gasteiger partial charge in [0, 0.05) is 6.54 Å². The van der Waals surface area contributed by atoms with Gasteiger partial charge in [-0.05, 0) is 34.1 Å². The van der Waals surface area contributed by atoms with E-state index in [-0.39, 0.29) is 6.61 Å². The molecular formula is C12H21NO5. The van der Waals surface area contributed by atoms with Gasteiger partial charge >= 0.3 is 12.1 Å². The molecule has 1 amide bonds. The Labute approximate surface area is 107 Å². The molecule has 1 unspecified atom stereocenters. The van der Waals surface area contributed by atoms with Gasteiger partial charge < -0.3 is 14.6 Å². The maximum absolute atomic E-state index is 11.9. The lowest BCUT2D eigenvalue weighted by Gasteiger charge is -2.28. The van der Waals surface area contributed by atoms with Crippen LogP contribution in [0.3, 0.4) is 0 Å². The first-order chi connectivity index (χ1) is 8.26. The van der Waals surface area contributed by atoms with E-state index in [1.165, 1.54) is 4.90 Å². The highest BCUT2D eigenvalue weighted by Crippen LogP contribution is 2.22. The van der Waals surface area contributed by atoms with E-state index < -0.39 is 29.8 Å². The fraction of sp³-hybridized carbons (Fsp3) is 0.833. The van der Waals surface area contributed by atoms with Gasteiger partial charge in [0.25, 0.3) is 0 Å². The predicted octanol–water partition coefficient (Wildman–Crippen LogP) is 0.920. The van der Waals surface area contributed by atoms with Gasteiger partial charge in [0.2, 0.25) is 0 Å². The Morgan fingerprint density at radius 3 is 2.50 bits per heavy atom. The van der Waals surface area contributed by atoms with Crippen LogP contribution in [0.25, 0.3) is 0 Å². The highest BCUT2D eigenvalue weighted by atomic mass is 16.6. The lowest BCUT2D eigenvalue weighted by atomic mass is 10.2. The lowest BCUT2D eigenvalue weighted by Crippen LogP contribution is -2.47. The van der Waals surface area contributed by atoms with E-state index in [0.29, 0.717) is 13.0 Å². The maximum Gasteiger partial charge on any atom is 0.411 e. The molecule has 6 nitrogen and oxygen atoms in total. The third kappa shape index (κ3) is 3.60. The predicted molar refractivity (Wildman–Crippen MR) is 64.0 cm³/mol. The smallest absolute Gasteiger partial charge is 0.411 e. The summed E-state index contributed by atoms with van der Waals surface area (Å²) in [6.07, 6.45) is -1.14. The molecule has 2 atom stereocenters. The van der Waals surface area contributed by atoms with E-state index in [2.05, 4.69) is 0 Å². The van der Waals surface area contributed by atoms with E-state index in [0.717, 1.165) is 0 Å². The first-order valence-corrected chi connectivity index (χ1v) is 6.10. The molecular weight excluding hydrogens is 238 g/mol. The Bertz CT molecular complexity index is 323. The Balaban J connectivity index is 2.74. The normalized spacial score (nSPS) is 23.9. The van der Waals surface area contributed by atoms with Crippen LogP contribution < -0.4 is 0 Å². The average Bonchev–Trinajstić information content (AvgIpc) is 2.58. The van der Waals surface area contributed by atoms with Gasteiger partial charge in [0.1, 0.15) is 5.60 Å². The van der Waals surface area contributed by atoms with Crippen molar-refractivity contribution >= 4 is 12.1 Å². The van der Waals surface area contributed by atoms with Crippen LogP contribution in [0, 0.1) is 0 Å². The van der Waals surface area contributed by atoms with Crippen LogP contribution in [-0.4, -0.2) is 53.0 Å². The average molecular weight is 259 g/mol. The number of carbonyl (C=O) groups is 2. The lowest BCUT2D eigenvalue weighted by molar-refractivity contribution is -0.151. The number of carbonyl (C=O) groups excluding carboxylic acids is 2. The van der Waals surface area contributed by atoms with E-state index in [4.69, 9.17) is 9.47 Å². The summed E-state index contributed by atoms with van der Waals surface area (Å²) in [5, 5.41) is 9.75. The van der Waals surface area contributed by atoms with Crippen molar-refractivity contribution in [2.45, 2.75) is 51.9 Å². The van der Waals surface area contributed by atoms with Crippen LogP contribution in [0.2, 0.25) is 0 Å². The number of likely N-dealkylation sites (tertiary alicyclic amines) is 1. The molecule has 0 aromatic carbocycles. The van der Waals surface area contributed by atoms with Crippen molar-refractivity contribution in [1.29, 1.82) is 0 Å². The van der Waals surface area contributed by atoms with Gasteiger partial charge in [0.05, 0.1) is 12.7 Å². The molecule has 1 heterocycles. The first-order valence-electron chi connectivity index (χ1n) is 6.10. The minimum absolute atomic E-state index is 0.213. The van der Waals surface area contributed by atoms with Gasteiger partial charge in [-0.1, -0.05) is 0 Å². The summed E-state index contributed by atoms with van der Waals surface area (Å²) in [4.78, 5) is 24.8. The summed E-state index contributed by atoms with van der Waals surface area (Å²) in [6, 6.07) is -0.959. The maximum atomic E-state index is 11.9. The summed E-state index contributed by atoms with van der Waals surface area (Å²) in [6.45, 7) is 7.42. The monoisotopic (exact) mass is 259 g/mol. The molecule has 1 saturated heterocycles. The van der Waals surface area contributed by atoms with E-state index in [1.54, 1.807) is 27.7 Å². The molecule has 104 valence electrons.